The maximum atomic E-state index is 11.6. The largest absolute Gasteiger partial charge is 0.382 e. The van der Waals surface area contributed by atoms with Crippen molar-refractivity contribution in [3.05, 3.63) is 30.1 Å². The van der Waals surface area contributed by atoms with Crippen molar-refractivity contribution in [3.8, 4) is 0 Å². The van der Waals surface area contributed by atoms with Gasteiger partial charge in [-0.15, -0.1) is 0 Å². The summed E-state index contributed by atoms with van der Waals surface area (Å²) < 4.78 is 7.22. The van der Waals surface area contributed by atoms with Gasteiger partial charge in [0.1, 0.15) is 0 Å². The quantitative estimate of drug-likeness (QED) is 0.557. The Labute approximate surface area is 109 Å². The van der Waals surface area contributed by atoms with Crippen LogP contribution in [0.1, 0.15) is 25.3 Å². The molecule has 1 aromatic heterocycles. The number of nitrogens with zero attached hydrogens (tertiary/aromatic N) is 1. The molecule has 0 fully saturated rings. The second-order valence-corrected chi connectivity index (χ2v) is 4.26. The van der Waals surface area contributed by atoms with E-state index in [1.54, 1.807) is 0 Å². The summed E-state index contributed by atoms with van der Waals surface area (Å²) in [4.78, 5) is 11.6. The van der Waals surface area contributed by atoms with Gasteiger partial charge in [-0.3, -0.25) is 4.79 Å². The molecule has 0 aliphatic rings. The number of carbonyl (C=O) groups excluding carboxylic acids is 1. The molecule has 4 nitrogen and oxygen atoms in total. The molecule has 0 aliphatic heterocycles. The molecule has 0 bridgehead atoms. The smallest absolute Gasteiger partial charge is 0.226 e. The first-order valence-electron chi connectivity index (χ1n) is 6.52. The molecule has 0 unspecified atom stereocenters. The Morgan fingerprint density at radius 2 is 2.11 bits per heavy atom. The molecular weight excluding hydrogens is 228 g/mol. The summed E-state index contributed by atoms with van der Waals surface area (Å²) in [5.41, 5.74) is 1.23. The highest BCUT2D eigenvalue weighted by atomic mass is 16.5. The fourth-order valence-corrected chi connectivity index (χ4v) is 1.55. The molecule has 0 spiro atoms. The molecule has 1 heterocycles. The summed E-state index contributed by atoms with van der Waals surface area (Å²) in [6.07, 6.45) is 5.38. The zero-order valence-corrected chi connectivity index (χ0v) is 11.3. The zero-order valence-electron chi connectivity index (χ0n) is 11.3. The maximum Gasteiger partial charge on any atom is 0.226 e. The van der Waals surface area contributed by atoms with Gasteiger partial charge < -0.3 is 10.1 Å². The Kier molecular flexibility index (Phi) is 7.03. The highest BCUT2D eigenvalue weighted by molar-refractivity contribution is 5.75. The fraction of sp³-hybridized carbons (Fsp3) is 0.571. The lowest BCUT2D eigenvalue weighted by molar-refractivity contribution is -0.695. The number of rotatable bonds is 8. The third kappa shape index (κ3) is 6.35. The Morgan fingerprint density at radius 3 is 2.78 bits per heavy atom. The summed E-state index contributed by atoms with van der Waals surface area (Å²) >= 11 is 0. The first-order chi connectivity index (χ1) is 8.72. The molecule has 1 rings (SSSR count). The highest BCUT2D eigenvalue weighted by Crippen LogP contribution is 1.90. The summed E-state index contributed by atoms with van der Waals surface area (Å²) in [7, 11) is 0. The van der Waals surface area contributed by atoms with Crippen molar-refractivity contribution in [2.24, 2.45) is 0 Å². The summed E-state index contributed by atoms with van der Waals surface area (Å²) in [6.45, 7) is 6.88. The second kappa shape index (κ2) is 8.64. The lowest BCUT2D eigenvalue weighted by atomic mass is 10.3. The third-order valence-corrected chi connectivity index (χ3v) is 2.65. The fourth-order valence-electron chi connectivity index (χ4n) is 1.55. The molecule has 18 heavy (non-hydrogen) atoms. The van der Waals surface area contributed by atoms with Crippen LogP contribution in [0.2, 0.25) is 0 Å². The van der Waals surface area contributed by atoms with Crippen molar-refractivity contribution in [2.75, 3.05) is 19.8 Å². The van der Waals surface area contributed by atoms with Crippen molar-refractivity contribution >= 4 is 5.91 Å². The molecule has 0 aromatic carbocycles. The van der Waals surface area contributed by atoms with Gasteiger partial charge in [-0.05, 0) is 25.8 Å². The Balaban J connectivity index is 2.11. The number of amides is 1. The number of pyridine rings is 1. The van der Waals surface area contributed by atoms with E-state index in [-0.39, 0.29) is 5.91 Å². The minimum absolute atomic E-state index is 0.0968. The molecule has 4 heteroatoms. The zero-order chi connectivity index (χ0) is 13.2. The van der Waals surface area contributed by atoms with E-state index in [4.69, 9.17) is 4.74 Å². The van der Waals surface area contributed by atoms with Crippen LogP contribution >= 0.6 is 0 Å². The van der Waals surface area contributed by atoms with Crippen LogP contribution in [0.25, 0.3) is 0 Å². The van der Waals surface area contributed by atoms with Gasteiger partial charge in [0.15, 0.2) is 18.9 Å². The molecule has 1 amide bonds. The molecule has 1 N–H and O–H groups in total. The normalized spacial score (nSPS) is 10.3. The maximum absolute atomic E-state index is 11.6. The SMILES string of the molecule is CCOCCCNC(=O)CC[n+]1ccc(C)cc1. The standard InChI is InChI=1S/C14H22N2O2/c1-3-18-12-4-8-15-14(17)7-11-16-9-5-13(2)6-10-16/h5-6,9-10H,3-4,7-8,11-12H2,1-2H3/p+1. The lowest BCUT2D eigenvalue weighted by Crippen LogP contribution is -2.36. The minimum Gasteiger partial charge on any atom is -0.382 e. The predicted octanol–water partition coefficient (Wildman–Crippen LogP) is 1.22. The van der Waals surface area contributed by atoms with Gasteiger partial charge in [0, 0.05) is 31.9 Å². The molecule has 0 radical (unpaired) electrons. The number of ether oxygens (including phenoxy) is 1. The Morgan fingerprint density at radius 1 is 1.39 bits per heavy atom. The van der Waals surface area contributed by atoms with Crippen molar-refractivity contribution in [1.29, 1.82) is 0 Å². The van der Waals surface area contributed by atoms with Gasteiger partial charge in [0.05, 0.1) is 6.42 Å². The van der Waals surface area contributed by atoms with E-state index >= 15 is 0 Å². The Bertz CT molecular complexity index is 349. The van der Waals surface area contributed by atoms with Crippen LogP contribution in [-0.4, -0.2) is 25.7 Å². The van der Waals surface area contributed by atoms with Crippen LogP contribution in [-0.2, 0) is 16.1 Å². The topological polar surface area (TPSA) is 42.2 Å². The monoisotopic (exact) mass is 251 g/mol. The molecule has 1 aromatic rings. The van der Waals surface area contributed by atoms with Crippen LogP contribution in [0.4, 0.5) is 0 Å². The van der Waals surface area contributed by atoms with Crippen LogP contribution in [0.3, 0.4) is 0 Å². The number of aryl methyl sites for hydroxylation is 2. The molecule has 0 aliphatic carbocycles. The van der Waals surface area contributed by atoms with Crippen molar-refractivity contribution < 1.29 is 14.1 Å². The second-order valence-electron chi connectivity index (χ2n) is 4.26. The first kappa shape index (κ1) is 14.6. The number of aromatic nitrogens is 1. The van der Waals surface area contributed by atoms with E-state index in [2.05, 4.69) is 12.2 Å². The van der Waals surface area contributed by atoms with Crippen molar-refractivity contribution in [3.63, 3.8) is 0 Å². The molecule has 0 saturated carbocycles. The van der Waals surface area contributed by atoms with Gasteiger partial charge in [-0.25, -0.2) is 4.57 Å². The Hall–Kier alpha value is -1.42. The van der Waals surface area contributed by atoms with Gasteiger partial charge >= 0.3 is 0 Å². The minimum atomic E-state index is 0.0968. The summed E-state index contributed by atoms with van der Waals surface area (Å²) in [6, 6.07) is 4.08. The van der Waals surface area contributed by atoms with E-state index in [1.807, 2.05) is 36.0 Å². The van der Waals surface area contributed by atoms with E-state index in [9.17, 15) is 4.79 Å². The molecule has 0 saturated heterocycles. The molecule has 0 atom stereocenters. The summed E-state index contributed by atoms with van der Waals surface area (Å²) in [5.74, 6) is 0.0968. The van der Waals surface area contributed by atoms with Crippen LogP contribution in [0, 0.1) is 6.92 Å². The number of carbonyl (C=O) groups is 1. The molecule has 100 valence electrons. The van der Waals surface area contributed by atoms with Crippen LogP contribution in [0.5, 0.6) is 0 Å². The third-order valence-electron chi connectivity index (χ3n) is 2.65. The van der Waals surface area contributed by atoms with Gasteiger partial charge in [0.2, 0.25) is 5.91 Å². The van der Waals surface area contributed by atoms with E-state index < -0.39 is 0 Å². The average Bonchev–Trinajstić information content (AvgIpc) is 2.38. The van der Waals surface area contributed by atoms with E-state index in [1.165, 1.54) is 5.56 Å². The number of hydrogen-bond acceptors (Lipinski definition) is 2. The average molecular weight is 251 g/mol. The first-order valence-corrected chi connectivity index (χ1v) is 6.52. The van der Waals surface area contributed by atoms with Crippen LogP contribution < -0.4 is 9.88 Å². The van der Waals surface area contributed by atoms with Gasteiger partial charge in [-0.1, -0.05) is 0 Å². The predicted molar refractivity (Wildman–Crippen MR) is 70.1 cm³/mol. The van der Waals surface area contributed by atoms with Crippen molar-refractivity contribution in [1.82, 2.24) is 5.32 Å². The van der Waals surface area contributed by atoms with Gasteiger partial charge in [0.25, 0.3) is 0 Å². The van der Waals surface area contributed by atoms with Gasteiger partial charge in [-0.2, -0.15) is 0 Å². The van der Waals surface area contributed by atoms with E-state index in [0.29, 0.717) is 19.6 Å². The lowest BCUT2D eigenvalue weighted by Gasteiger charge is -2.04. The van der Waals surface area contributed by atoms with Crippen LogP contribution in [0.15, 0.2) is 24.5 Å². The number of hydrogen-bond donors (Lipinski definition) is 1. The highest BCUT2D eigenvalue weighted by Gasteiger charge is 2.05. The van der Waals surface area contributed by atoms with E-state index in [0.717, 1.165) is 19.6 Å². The molecular formula is C14H23N2O2+. The number of nitrogens with one attached hydrogen (secondary N) is 1. The van der Waals surface area contributed by atoms with Crippen molar-refractivity contribution in [2.45, 2.75) is 33.2 Å². The summed E-state index contributed by atoms with van der Waals surface area (Å²) in [5, 5.41) is 2.89.